The Morgan fingerprint density at radius 1 is 1.47 bits per heavy atom. The molecule has 19 heavy (non-hydrogen) atoms. The summed E-state index contributed by atoms with van der Waals surface area (Å²) in [7, 11) is 0. The number of carbonyl (C=O) groups excluding carboxylic acids is 1. The molecule has 5 heteroatoms. The minimum atomic E-state index is -0.164. The lowest BCUT2D eigenvalue weighted by Gasteiger charge is -2.07. The molecule has 1 aromatic carbocycles. The summed E-state index contributed by atoms with van der Waals surface area (Å²) in [6, 6.07) is 5.11. The van der Waals surface area contributed by atoms with Crippen molar-refractivity contribution in [2.24, 2.45) is 5.92 Å². The fourth-order valence-corrected chi connectivity index (χ4v) is 2.10. The molecular weight excluding hydrogens is 282 g/mol. The van der Waals surface area contributed by atoms with Crippen molar-refractivity contribution in [3.63, 3.8) is 0 Å². The number of nitrogens with one attached hydrogen (secondary N) is 1. The molecule has 1 fully saturated rings. The second-order valence-electron chi connectivity index (χ2n) is 4.79. The molecule has 0 bridgehead atoms. The number of benzene rings is 1. The predicted octanol–water partition coefficient (Wildman–Crippen LogP) is 3.18. The van der Waals surface area contributed by atoms with Gasteiger partial charge in [-0.05, 0) is 43.4 Å². The highest BCUT2D eigenvalue weighted by Gasteiger charge is 2.20. The highest BCUT2D eigenvalue weighted by atomic mass is 35.5. The van der Waals surface area contributed by atoms with E-state index in [9.17, 15) is 4.79 Å². The van der Waals surface area contributed by atoms with Gasteiger partial charge in [0.05, 0.1) is 10.6 Å². The van der Waals surface area contributed by atoms with Gasteiger partial charge in [0.1, 0.15) is 0 Å². The maximum Gasteiger partial charge on any atom is 0.252 e. The Labute approximate surface area is 124 Å². The van der Waals surface area contributed by atoms with Crippen molar-refractivity contribution in [2.45, 2.75) is 24.2 Å². The van der Waals surface area contributed by atoms with Gasteiger partial charge >= 0.3 is 0 Å². The van der Waals surface area contributed by atoms with Gasteiger partial charge < -0.3 is 10.1 Å². The number of rotatable bonds is 7. The van der Waals surface area contributed by atoms with Crippen molar-refractivity contribution < 1.29 is 9.53 Å². The third-order valence-corrected chi connectivity index (χ3v) is 3.60. The highest BCUT2D eigenvalue weighted by molar-refractivity contribution is 7.80. The molecule has 0 aliphatic heterocycles. The SMILES string of the molecule is O=C(NCCCOCC1CC1)c1cc(S)ccc1Cl. The summed E-state index contributed by atoms with van der Waals surface area (Å²) in [4.78, 5) is 12.6. The van der Waals surface area contributed by atoms with Crippen molar-refractivity contribution in [1.29, 1.82) is 0 Å². The van der Waals surface area contributed by atoms with Gasteiger partial charge in [0, 0.05) is 24.7 Å². The van der Waals surface area contributed by atoms with Crippen LogP contribution in [-0.2, 0) is 4.74 Å². The first-order valence-corrected chi connectivity index (χ1v) is 7.34. The first-order chi connectivity index (χ1) is 9.16. The molecule has 104 valence electrons. The second kappa shape index (κ2) is 7.17. The maximum absolute atomic E-state index is 11.9. The van der Waals surface area contributed by atoms with Crippen LogP contribution in [0.4, 0.5) is 0 Å². The van der Waals surface area contributed by atoms with Crippen LogP contribution in [0.2, 0.25) is 5.02 Å². The zero-order chi connectivity index (χ0) is 13.7. The Morgan fingerprint density at radius 2 is 2.26 bits per heavy atom. The Hall–Kier alpha value is -0.710. The van der Waals surface area contributed by atoms with Crippen molar-refractivity contribution in [1.82, 2.24) is 5.32 Å². The van der Waals surface area contributed by atoms with E-state index in [2.05, 4.69) is 17.9 Å². The molecule has 1 N–H and O–H groups in total. The number of amides is 1. The number of thiol groups is 1. The van der Waals surface area contributed by atoms with Gasteiger partial charge in [0.2, 0.25) is 0 Å². The van der Waals surface area contributed by atoms with Crippen LogP contribution >= 0.6 is 24.2 Å². The van der Waals surface area contributed by atoms with Gasteiger partial charge in [-0.3, -0.25) is 4.79 Å². The lowest BCUT2D eigenvalue weighted by Crippen LogP contribution is -2.25. The largest absolute Gasteiger partial charge is 0.381 e. The van der Waals surface area contributed by atoms with Crippen molar-refractivity contribution in [3.05, 3.63) is 28.8 Å². The Balaban J connectivity index is 1.66. The quantitative estimate of drug-likeness (QED) is 0.599. The monoisotopic (exact) mass is 299 g/mol. The molecule has 1 aromatic rings. The second-order valence-corrected chi connectivity index (χ2v) is 5.72. The van der Waals surface area contributed by atoms with Crippen LogP contribution < -0.4 is 5.32 Å². The van der Waals surface area contributed by atoms with Gasteiger partial charge in [-0.1, -0.05) is 11.6 Å². The molecule has 1 saturated carbocycles. The van der Waals surface area contributed by atoms with Crippen LogP contribution in [0, 0.1) is 5.92 Å². The summed E-state index contributed by atoms with van der Waals surface area (Å²) in [6.07, 6.45) is 3.42. The van der Waals surface area contributed by atoms with E-state index in [0.29, 0.717) is 23.7 Å². The first-order valence-electron chi connectivity index (χ1n) is 6.51. The standard InChI is InChI=1S/C14H18ClNO2S/c15-13-5-4-11(19)8-12(13)14(17)16-6-1-7-18-9-10-2-3-10/h4-5,8,10,19H,1-3,6-7,9H2,(H,16,17). The van der Waals surface area contributed by atoms with E-state index in [0.717, 1.165) is 23.8 Å². The molecule has 0 heterocycles. The van der Waals surface area contributed by atoms with Crippen LogP contribution in [0.3, 0.4) is 0 Å². The number of ether oxygens (including phenoxy) is 1. The summed E-state index contributed by atoms with van der Waals surface area (Å²) in [6.45, 7) is 2.15. The zero-order valence-electron chi connectivity index (χ0n) is 10.7. The summed E-state index contributed by atoms with van der Waals surface area (Å²) < 4.78 is 5.50. The highest BCUT2D eigenvalue weighted by Crippen LogP contribution is 2.28. The number of carbonyl (C=O) groups is 1. The Kier molecular flexibility index (Phi) is 5.55. The van der Waals surface area contributed by atoms with Crippen LogP contribution in [0.15, 0.2) is 23.1 Å². The lowest BCUT2D eigenvalue weighted by atomic mass is 10.2. The normalized spacial score (nSPS) is 14.4. The van der Waals surface area contributed by atoms with E-state index >= 15 is 0 Å². The maximum atomic E-state index is 11.9. The average molecular weight is 300 g/mol. The lowest BCUT2D eigenvalue weighted by molar-refractivity contribution is 0.0937. The molecule has 1 amide bonds. The third kappa shape index (κ3) is 5.05. The van der Waals surface area contributed by atoms with E-state index in [1.165, 1.54) is 12.8 Å². The molecule has 0 spiro atoms. The van der Waals surface area contributed by atoms with Gasteiger partial charge in [0.25, 0.3) is 5.91 Å². The average Bonchev–Trinajstić information content (AvgIpc) is 3.20. The first kappa shape index (κ1) is 14.7. The molecule has 3 nitrogen and oxygen atoms in total. The summed E-state index contributed by atoms with van der Waals surface area (Å²) >= 11 is 10.2. The minimum Gasteiger partial charge on any atom is -0.381 e. The number of hydrogen-bond acceptors (Lipinski definition) is 3. The third-order valence-electron chi connectivity index (χ3n) is 3.00. The summed E-state index contributed by atoms with van der Waals surface area (Å²) in [5.74, 6) is 0.620. The molecule has 1 aliphatic carbocycles. The molecular formula is C14H18ClNO2S. The van der Waals surface area contributed by atoms with Gasteiger partial charge in [-0.25, -0.2) is 0 Å². The van der Waals surface area contributed by atoms with E-state index in [1.54, 1.807) is 18.2 Å². The van der Waals surface area contributed by atoms with Crippen LogP contribution in [0.25, 0.3) is 0 Å². The Bertz CT molecular complexity index is 449. The van der Waals surface area contributed by atoms with Crippen molar-refractivity contribution in [2.75, 3.05) is 19.8 Å². The predicted molar refractivity (Wildman–Crippen MR) is 79.2 cm³/mol. The zero-order valence-corrected chi connectivity index (χ0v) is 12.3. The smallest absolute Gasteiger partial charge is 0.252 e. The molecule has 1 aliphatic rings. The molecule has 0 aromatic heterocycles. The van der Waals surface area contributed by atoms with Gasteiger partial charge in [0.15, 0.2) is 0 Å². The fourth-order valence-electron chi connectivity index (χ4n) is 1.69. The minimum absolute atomic E-state index is 0.164. The summed E-state index contributed by atoms with van der Waals surface area (Å²) in [5.41, 5.74) is 0.466. The van der Waals surface area contributed by atoms with E-state index in [-0.39, 0.29) is 5.91 Å². The number of halogens is 1. The van der Waals surface area contributed by atoms with Gasteiger partial charge in [-0.2, -0.15) is 0 Å². The van der Waals surface area contributed by atoms with Crippen molar-refractivity contribution in [3.8, 4) is 0 Å². The van der Waals surface area contributed by atoms with Gasteiger partial charge in [-0.15, -0.1) is 12.6 Å². The van der Waals surface area contributed by atoms with Crippen molar-refractivity contribution >= 4 is 30.1 Å². The summed E-state index contributed by atoms with van der Waals surface area (Å²) in [5, 5.41) is 3.28. The van der Waals surface area contributed by atoms with Crippen LogP contribution in [0.5, 0.6) is 0 Å². The van der Waals surface area contributed by atoms with E-state index < -0.39 is 0 Å². The molecule has 0 radical (unpaired) electrons. The molecule has 0 saturated heterocycles. The van der Waals surface area contributed by atoms with Crippen LogP contribution in [-0.4, -0.2) is 25.7 Å². The topological polar surface area (TPSA) is 38.3 Å². The molecule has 0 atom stereocenters. The fraction of sp³-hybridized carbons (Fsp3) is 0.500. The Morgan fingerprint density at radius 3 is 3.00 bits per heavy atom. The molecule has 0 unspecified atom stereocenters. The molecule has 2 rings (SSSR count). The van der Waals surface area contributed by atoms with E-state index in [1.807, 2.05) is 0 Å². The van der Waals surface area contributed by atoms with Crippen LogP contribution in [0.1, 0.15) is 29.6 Å². The van der Waals surface area contributed by atoms with E-state index in [4.69, 9.17) is 16.3 Å². The number of hydrogen-bond donors (Lipinski definition) is 2.